The molecule has 1 aromatic carbocycles. The molecule has 0 amide bonds. The lowest BCUT2D eigenvalue weighted by atomic mass is 10.1. The van der Waals surface area contributed by atoms with Gasteiger partial charge in [0, 0.05) is 6.61 Å². The molecule has 0 heterocycles. The van der Waals surface area contributed by atoms with Gasteiger partial charge < -0.3 is 15.2 Å². The molecule has 1 aromatic rings. The second kappa shape index (κ2) is 7.25. The Hall–Kier alpha value is -1.06. The van der Waals surface area contributed by atoms with Gasteiger partial charge in [-0.1, -0.05) is 17.7 Å². The van der Waals surface area contributed by atoms with Gasteiger partial charge in [-0.3, -0.25) is 0 Å². The Morgan fingerprint density at radius 2 is 1.94 bits per heavy atom. The molecular formula is C13H21NO2. The highest BCUT2D eigenvalue weighted by Gasteiger charge is 1.98. The highest BCUT2D eigenvalue weighted by Crippen LogP contribution is 2.18. The van der Waals surface area contributed by atoms with Gasteiger partial charge in [-0.2, -0.15) is 0 Å². The van der Waals surface area contributed by atoms with Crippen molar-refractivity contribution in [2.45, 2.75) is 20.3 Å². The van der Waals surface area contributed by atoms with Crippen LogP contribution in [0.15, 0.2) is 18.2 Å². The summed E-state index contributed by atoms with van der Waals surface area (Å²) in [5.74, 6) is 0.938. The largest absolute Gasteiger partial charge is 0.491 e. The molecule has 0 saturated carbocycles. The van der Waals surface area contributed by atoms with Crippen LogP contribution in [0, 0.1) is 13.8 Å². The van der Waals surface area contributed by atoms with E-state index in [1.807, 2.05) is 6.07 Å². The Morgan fingerprint density at radius 3 is 2.62 bits per heavy atom. The van der Waals surface area contributed by atoms with E-state index in [0.717, 1.165) is 12.2 Å². The zero-order chi connectivity index (χ0) is 11.8. The zero-order valence-corrected chi connectivity index (χ0v) is 10.2. The number of hydrogen-bond acceptors (Lipinski definition) is 3. The van der Waals surface area contributed by atoms with E-state index in [9.17, 15) is 0 Å². The summed E-state index contributed by atoms with van der Waals surface area (Å²) >= 11 is 0. The maximum Gasteiger partial charge on any atom is 0.122 e. The van der Waals surface area contributed by atoms with Crippen LogP contribution in [0.5, 0.6) is 5.75 Å². The fourth-order valence-electron chi connectivity index (χ4n) is 1.46. The molecule has 0 bridgehead atoms. The van der Waals surface area contributed by atoms with Crippen molar-refractivity contribution in [3.8, 4) is 5.75 Å². The second-order valence-electron chi connectivity index (χ2n) is 3.87. The van der Waals surface area contributed by atoms with Crippen LogP contribution in [0.4, 0.5) is 0 Å². The quantitative estimate of drug-likeness (QED) is 0.719. The Kier molecular flexibility index (Phi) is 5.90. The van der Waals surface area contributed by atoms with Gasteiger partial charge in [0.15, 0.2) is 0 Å². The summed E-state index contributed by atoms with van der Waals surface area (Å²) in [7, 11) is 0. The predicted molar refractivity (Wildman–Crippen MR) is 65.9 cm³/mol. The van der Waals surface area contributed by atoms with Crippen molar-refractivity contribution in [2.75, 3.05) is 26.4 Å². The van der Waals surface area contributed by atoms with Crippen molar-refractivity contribution >= 4 is 0 Å². The van der Waals surface area contributed by atoms with Crippen LogP contribution in [-0.2, 0) is 4.74 Å². The van der Waals surface area contributed by atoms with Gasteiger partial charge in [-0.15, -0.1) is 0 Å². The summed E-state index contributed by atoms with van der Waals surface area (Å²) in [6.45, 7) is 6.73. The van der Waals surface area contributed by atoms with E-state index in [2.05, 4.69) is 26.0 Å². The molecule has 2 N–H and O–H groups in total. The normalized spacial score (nSPS) is 10.4. The fraction of sp³-hybridized carbons (Fsp3) is 0.538. The Morgan fingerprint density at radius 1 is 1.12 bits per heavy atom. The topological polar surface area (TPSA) is 44.5 Å². The molecule has 3 nitrogen and oxygen atoms in total. The van der Waals surface area contributed by atoms with Crippen molar-refractivity contribution in [1.82, 2.24) is 0 Å². The molecule has 0 unspecified atom stereocenters. The molecule has 16 heavy (non-hydrogen) atoms. The number of aryl methyl sites for hydroxylation is 2. The van der Waals surface area contributed by atoms with E-state index in [0.29, 0.717) is 26.4 Å². The average Bonchev–Trinajstić information content (AvgIpc) is 2.26. The first-order valence-electron chi connectivity index (χ1n) is 5.72. The van der Waals surface area contributed by atoms with Crippen LogP contribution in [0.1, 0.15) is 17.5 Å². The zero-order valence-electron chi connectivity index (χ0n) is 10.2. The van der Waals surface area contributed by atoms with Crippen molar-refractivity contribution in [3.05, 3.63) is 29.3 Å². The molecule has 0 aliphatic rings. The lowest BCUT2D eigenvalue weighted by Gasteiger charge is -2.09. The van der Waals surface area contributed by atoms with E-state index in [1.165, 1.54) is 11.1 Å². The van der Waals surface area contributed by atoms with Gasteiger partial charge in [0.2, 0.25) is 0 Å². The summed E-state index contributed by atoms with van der Waals surface area (Å²) < 4.78 is 11.0. The smallest absolute Gasteiger partial charge is 0.122 e. The van der Waals surface area contributed by atoms with E-state index < -0.39 is 0 Å². The number of nitrogens with two attached hydrogens (primary N) is 1. The second-order valence-corrected chi connectivity index (χ2v) is 3.87. The van der Waals surface area contributed by atoms with Crippen LogP contribution >= 0.6 is 0 Å². The molecule has 0 radical (unpaired) electrons. The van der Waals surface area contributed by atoms with Crippen LogP contribution in [0.3, 0.4) is 0 Å². The third-order valence-corrected chi connectivity index (χ3v) is 2.31. The van der Waals surface area contributed by atoms with Crippen LogP contribution in [0.2, 0.25) is 0 Å². The average molecular weight is 223 g/mol. The van der Waals surface area contributed by atoms with Gasteiger partial charge in [0.1, 0.15) is 12.4 Å². The number of rotatable bonds is 7. The summed E-state index contributed by atoms with van der Waals surface area (Å²) in [5, 5.41) is 0. The lowest BCUT2D eigenvalue weighted by Crippen LogP contribution is -2.10. The third-order valence-electron chi connectivity index (χ3n) is 2.31. The predicted octanol–water partition coefficient (Wildman–Crippen LogP) is 2.05. The number of ether oxygens (including phenoxy) is 2. The summed E-state index contributed by atoms with van der Waals surface area (Å²) in [4.78, 5) is 0. The highest BCUT2D eigenvalue weighted by atomic mass is 16.5. The van der Waals surface area contributed by atoms with Crippen LogP contribution in [-0.4, -0.2) is 26.4 Å². The first-order chi connectivity index (χ1) is 7.74. The van der Waals surface area contributed by atoms with Gasteiger partial charge in [0.05, 0.1) is 6.61 Å². The molecule has 0 saturated heterocycles. The van der Waals surface area contributed by atoms with Crippen LogP contribution < -0.4 is 10.5 Å². The van der Waals surface area contributed by atoms with Crippen molar-refractivity contribution < 1.29 is 9.47 Å². The Labute approximate surface area is 97.6 Å². The fourth-order valence-corrected chi connectivity index (χ4v) is 1.46. The van der Waals surface area contributed by atoms with Gasteiger partial charge in [-0.25, -0.2) is 0 Å². The highest BCUT2D eigenvalue weighted by molar-refractivity contribution is 5.35. The van der Waals surface area contributed by atoms with Crippen molar-refractivity contribution in [3.63, 3.8) is 0 Å². The van der Waals surface area contributed by atoms with Gasteiger partial charge in [-0.05, 0) is 38.4 Å². The first-order valence-corrected chi connectivity index (χ1v) is 5.72. The third kappa shape index (κ3) is 4.64. The minimum atomic E-state index is 0.592. The maximum atomic E-state index is 5.62. The first kappa shape index (κ1) is 13.0. The molecule has 0 fully saturated rings. The number of benzene rings is 1. The van der Waals surface area contributed by atoms with E-state index in [4.69, 9.17) is 15.2 Å². The van der Waals surface area contributed by atoms with Crippen molar-refractivity contribution in [1.29, 1.82) is 0 Å². The standard InChI is InChI=1S/C13H21NO2/c1-11-4-5-13(12(2)10-11)16-9-8-15-7-3-6-14/h4-5,10H,3,6-9,14H2,1-2H3. The Balaban J connectivity index is 2.21. The van der Waals surface area contributed by atoms with Gasteiger partial charge >= 0.3 is 0 Å². The minimum Gasteiger partial charge on any atom is -0.491 e. The monoisotopic (exact) mass is 223 g/mol. The molecular weight excluding hydrogens is 202 g/mol. The SMILES string of the molecule is Cc1ccc(OCCOCCCN)c(C)c1. The molecule has 0 aliphatic carbocycles. The van der Waals surface area contributed by atoms with E-state index in [-0.39, 0.29) is 0 Å². The lowest BCUT2D eigenvalue weighted by molar-refractivity contribution is 0.0992. The molecule has 1 rings (SSSR count). The number of hydrogen-bond donors (Lipinski definition) is 1. The summed E-state index contributed by atoms with van der Waals surface area (Å²) in [5.41, 5.74) is 7.78. The molecule has 90 valence electrons. The maximum absolute atomic E-state index is 5.62. The van der Waals surface area contributed by atoms with E-state index in [1.54, 1.807) is 0 Å². The van der Waals surface area contributed by atoms with Crippen LogP contribution in [0.25, 0.3) is 0 Å². The summed E-state index contributed by atoms with van der Waals surface area (Å²) in [6.07, 6.45) is 0.906. The van der Waals surface area contributed by atoms with Gasteiger partial charge in [0.25, 0.3) is 0 Å². The molecule has 0 aromatic heterocycles. The molecule has 0 atom stereocenters. The Bertz CT molecular complexity index is 313. The van der Waals surface area contributed by atoms with E-state index >= 15 is 0 Å². The minimum absolute atomic E-state index is 0.592. The summed E-state index contributed by atoms with van der Waals surface area (Å²) in [6, 6.07) is 6.17. The molecule has 3 heteroatoms. The molecule has 0 aliphatic heterocycles. The molecule has 0 spiro atoms. The van der Waals surface area contributed by atoms with Crippen molar-refractivity contribution in [2.24, 2.45) is 5.73 Å².